The molecule has 0 spiro atoms. The predicted molar refractivity (Wildman–Crippen MR) is 101 cm³/mol. The Kier molecular flexibility index (Phi) is 8.91. The van der Waals surface area contributed by atoms with Crippen LogP contribution in [0.15, 0.2) is 23.2 Å². The molecule has 5 nitrogen and oxygen atoms in total. The molecule has 1 aliphatic carbocycles. The lowest BCUT2D eigenvalue weighted by Gasteiger charge is -2.22. The summed E-state index contributed by atoms with van der Waals surface area (Å²) in [6.45, 7) is 4.47. The molecule has 2 rings (SSSR count). The van der Waals surface area contributed by atoms with Crippen LogP contribution in [0.3, 0.4) is 0 Å². The molecule has 0 radical (unpaired) electrons. The van der Waals surface area contributed by atoms with Crippen molar-refractivity contribution in [1.82, 2.24) is 10.6 Å². The maximum atomic E-state index is 13.9. The van der Waals surface area contributed by atoms with Crippen molar-refractivity contribution in [2.24, 2.45) is 4.99 Å². The molecule has 0 aliphatic heterocycles. The third-order valence-electron chi connectivity index (χ3n) is 4.45. The minimum atomic E-state index is -0.399. The van der Waals surface area contributed by atoms with Gasteiger partial charge in [0.2, 0.25) is 0 Å². The average molecular weight is 360 g/mol. The van der Waals surface area contributed by atoms with Crippen molar-refractivity contribution in [3.05, 3.63) is 35.1 Å². The van der Waals surface area contributed by atoms with E-state index in [-0.39, 0.29) is 6.54 Å². The summed E-state index contributed by atoms with van der Waals surface area (Å²) >= 11 is 0. The average Bonchev–Trinajstić information content (AvgIpc) is 2.67. The van der Waals surface area contributed by atoms with Gasteiger partial charge in [-0.2, -0.15) is 5.26 Å². The molecule has 0 saturated heterocycles. The molecular formula is C20H29FN4O. The highest BCUT2D eigenvalue weighted by Crippen LogP contribution is 2.20. The van der Waals surface area contributed by atoms with E-state index >= 15 is 0 Å². The van der Waals surface area contributed by atoms with Crippen LogP contribution in [-0.4, -0.2) is 31.8 Å². The molecule has 2 N–H and O–H groups in total. The number of halogens is 1. The molecule has 1 aliphatic rings. The minimum Gasteiger partial charge on any atom is -0.378 e. The smallest absolute Gasteiger partial charge is 0.191 e. The van der Waals surface area contributed by atoms with Gasteiger partial charge in [0, 0.05) is 25.3 Å². The van der Waals surface area contributed by atoms with Crippen molar-refractivity contribution < 1.29 is 9.13 Å². The second-order valence-electron chi connectivity index (χ2n) is 6.52. The molecule has 1 aromatic carbocycles. The predicted octanol–water partition coefficient (Wildman–Crippen LogP) is 3.49. The van der Waals surface area contributed by atoms with Crippen molar-refractivity contribution >= 4 is 5.96 Å². The van der Waals surface area contributed by atoms with Crippen LogP contribution in [0.1, 0.15) is 56.6 Å². The summed E-state index contributed by atoms with van der Waals surface area (Å²) in [5, 5.41) is 15.2. The normalized spacial score (nSPS) is 15.5. The van der Waals surface area contributed by atoms with Crippen LogP contribution in [0.25, 0.3) is 0 Å². The van der Waals surface area contributed by atoms with Gasteiger partial charge in [-0.3, -0.25) is 0 Å². The summed E-state index contributed by atoms with van der Waals surface area (Å²) in [5.74, 6) is 0.262. The molecule has 0 atom stereocenters. The fourth-order valence-electron chi connectivity index (χ4n) is 3.01. The lowest BCUT2D eigenvalue weighted by atomic mass is 9.98. The summed E-state index contributed by atoms with van der Waals surface area (Å²) < 4.78 is 19.8. The Morgan fingerprint density at radius 2 is 2.12 bits per heavy atom. The molecule has 1 fully saturated rings. The number of guanidine groups is 1. The summed E-state index contributed by atoms with van der Waals surface area (Å²) in [6.07, 6.45) is 7.63. The Labute approximate surface area is 155 Å². The van der Waals surface area contributed by atoms with Crippen LogP contribution in [0.2, 0.25) is 0 Å². The number of nitrogens with one attached hydrogen (secondary N) is 2. The van der Waals surface area contributed by atoms with E-state index in [1.54, 1.807) is 12.1 Å². The highest BCUT2D eigenvalue weighted by Gasteiger charge is 2.13. The van der Waals surface area contributed by atoms with Gasteiger partial charge in [-0.1, -0.05) is 25.3 Å². The Balaban J connectivity index is 1.74. The van der Waals surface area contributed by atoms with Gasteiger partial charge in [-0.25, -0.2) is 9.38 Å². The Hall–Kier alpha value is -2.13. The van der Waals surface area contributed by atoms with Crippen molar-refractivity contribution in [3.63, 3.8) is 0 Å². The first-order valence-corrected chi connectivity index (χ1v) is 9.55. The van der Waals surface area contributed by atoms with Crippen LogP contribution in [0.5, 0.6) is 0 Å². The van der Waals surface area contributed by atoms with Crippen molar-refractivity contribution in [2.45, 2.75) is 58.1 Å². The van der Waals surface area contributed by atoms with Crippen molar-refractivity contribution in [1.29, 1.82) is 5.26 Å². The molecule has 0 amide bonds. The lowest BCUT2D eigenvalue weighted by Crippen LogP contribution is -2.38. The Morgan fingerprint density at radius 1 is 1.31 bits per heavy atom. The van der Waals surface area contributed by atoms with E-state index in [1.807, 2.05) is 13.0 Å². The van der Waals surface area contributed by atoms with E-state index in [0.717, 1.165) is 26.1 Å². The fourth-order valence-corrected chi connectivity index (χ4v) is 3.01. The first-order chi connectivity index (χ1) is 12.7. The van der Waals surface area contributed by atoms with E-state index in [9.17, 15) is 4.39 Å². The zero-order valence-electron chi connectivity index (χ0n) is 15.6. The van der Waals surface area contributed by atoms with Gasteiger partial charge in [-0.15, -0.1) is 0 Å². The minimum absolute atomic E-state index is 0.228. The number of benzene rings is 1. The Morgan fingerprint density at radius 3 is 2.81 bits per heavy atom. The summed E-state index contributed by atoms with van der Waals surface area (Å²) in [7, 11) is 0. The van der Waals surface area contributed by atoms with E-state index < -0.39 is 5.82 Å². The van der Waals surface area contributed by atoms with Crippen LogP contribution in [0.4, 0.5) is 4.39 Å². The molecule has 1 aromatic rings. The number of hydrogen-bond donors (Lipinski definition) is 2. The lowest BCUT2D eigenvalue weighted by molar-refractivity contribution is 0.0277. The fraction of sp³-hybridized carbons (Fsp3) is 0.600. The molecule has 1 saturated carbocycles. The number of ether oxygens (including phenoxy) is 1. The quantitative estimate of drug-likeness (QED) is 0.423. The van der Waals surface area contributed by atoms with Gasteiger partial charge >= 0.3 is 0 Å². The Bertz CT molecular complexity index is 621. The maximum Gasteiger partial charge on any atom is 0.191 e. The van der Waals surface area contributed by atoms with Gasteiger partial charge in [0.15, 0.2) is 5.96 Å². The number of hydrogen-bond acceptors (Lipinski definition) is 3. The SMILES string of the molecule is CCNC(=NCc1ccc(C#N)cc1F)NCCCOC1CCCCC1. The highest BCUT2D eigenvalue weighted by atomic mass is 19.1. The maximum absolute atomic E-state index is 13.9. The zero-order chi connectivity index (χ0) is 18.6. The van der Waals surface area contributed by atoms with Gasteiger partial charge in [0.05, 0.1) is 24.3 Å². The molecule has 0 aromatic heterocycles. The molecule has 26 heavy (non-hydrogen) atoms. The summed E-state index contributed by atoms with van der Waals surface area (Å²) in [4.78, 5) is 4.42. The first-order valence-electron chi connectivity index (χ1n) is 9.55. The second-order valence-corrected chi connectivity index (χ2v) is 6.52. The number of nitrogens with zero attached hydrogens (tertiary/aromatic N) is 2. The van der Waals surface area contributed by atoms with Gasteiger partial charge in [-0.05, 0) is 38.3 Å². The first kappa shape index (κ1) is 20.2. The molecule has 0 heterocycles. The molecule has 142 valence electrons. The number of nitriles is 1. The second kappa shape index (κ2) is 11.5. The van der Waals surface area contributed by atoms with Gasteiger partial charge in [0.1, 0.15) is 5.82 Å². The molecule has 0 unspecified atom stereocenters. The molecular weight excluding hydrogens is 331 g/mol. The van der Waals surface area contributed by atoms with Crippen LogP contribution < -0.4 is 10.6 Å². The van der Waals surface area contributed by atoms with Crippen LogP contribution in [0, 0.1) is 17.1 Å². The molecule has 6 heteroatoms. The number of rotatable bonds is 8. The zero-order valence-corrected chi connectivity index (χ0v) is 15.6. The molecule has 0 bridgehead atoms. The topological polar surface area (TPSA) is 69.4 Å². The van der Waals surface area contributed by atoms with E-state index in [2.05, 4.69) is 15.6 Å². The standard InChI is InChI=1S/C20H29FN4O/c1-2-23-20(24-11-6-12-26-18-7-4-3-5-8-18)25-15-17-10-9-16(14-22)13-19(17)21/h9-10,13,18H,2-8,11-12,15H2,1H3,(H2,23,24,25). The van der Waals surface area contributed by atoms with Gasteiger partial charge in [0.25, 0.3) is 0 Å². The van der Waals surface area contributed by atoms with E-state index in [0.29, 0.717) is 23.2 Å². The monoisotopic (exact) mass is 360 g/mol. The van der Waals surface area contributed by atoms with Crippen LogP contribution in [-0.2, 0) is 11.3 Å². The number of aliphatic imine (C=N–C) groups is 1. The third kappa shape index (κ3) is 7.01. The van der Waals surface area contributed by atoms with Crippen molar-refractivity contribution in [2.75, 3.05) is 19.7 Å². The van der Waals surface area contributed by atoms with E-state index in [4.69, 9.17) is 10.00 Å². The van der Waals surface area contributed by atoms with Crippen molar-refractivity contribution in [3.8, 4) is 6.07 Å². The van der Waals surface area contributed by atoms with Crippen LogP contribution >= 0.6 is 0 Å². The van der Waals surface area contributed by atoms with E-state index in [1.165, 1.54) is 38.2 Å². The summed E-state index contributed by atoms with van der Waals surface area (Å²) in [5.41, 5.74) is 0.792. The summed E-state index contributed by atoms with van der Waals surface area (Å²) in [6, 6.07) is 6.39. The van der Waals surface area contributed by atoms with Gasteiger partial charge < -0.3 is 15.4 Å². The third-order valence-corrected chi connectivity index (χ3v) is 4.45. The largest absolute Gasteiger partial charge is 0.378 e. The highest BCUT2D eigenvalue weighted by molar-refractivity contribution is 5.79.